The van der Waals surface area contributed by atoms with Crippen LogP contribution in [0.3, 0.4) is 0 Å². The average molecular weight is 247 g/mol. The number of nitrogens with zero attached hydrogens (tertiary/aromatic N) is 2. The van der Waals surface area contributed by atoms with Crippen molar-refractivity contribution in [2.24, 2.45) is 0 Å². The molecule has 0 aliphatic rings. The highest BCUT2D eigenvalue weighted by Crippen LogP contribution is 2.26. The first kappa shape index (κ1) is 12.6. The van der Waals surface area contributed by atoms with Gasteiger partial charge in [0.2, 0.25) is 0 Å². The van der Waals surface area contributed by atoms with Gasteiger partial charge >= 0.3 is 0 Å². The quantitative estimate of drug-likeness (QED) is 0.591. The van der Waals surface area contributed by atoms with Crippen molar-refractivity contribution in [1.29, 1.82) is 0 Å². The molecule has 1 atom stereocenters. The van der Waals surface area contributed by atoms with Crippen LogP contribution >= 0.6 is 11.6 Å². The fourth-order valence-electron chi connectivity index (χ4n) is 1.18. The number of allylic oxidation sites excluding steroid dienone is 2. The van der Waals surface area contributed by atoms with E-state index in [4.69, 9.17) is 11.6 Å². The van der Waals surface area contributed by atoms with Crippen LogP contribution in [-0.4, -0.2) is 16.1 Å². The van der Waals surface area contributed by atoms with Crippen molar-refractivity contribution in [3.05, 3.63) is 41.5 Å². The topological polar surface area (TPSA) is 34.9 Å². The standard InChI is InChI=1S/C10H9ClF2N2O/c1-2-5-15-10(11)7(6-16)9(14-15)8(13)3-4-12/h2-4,6,8H,1,5H2. The molecule has 1 aromatic rings. The van der Waals surface area contributed by atoms with Crippen molar-refractivity contribution < 1.29 is 13.6 Å². The van der Waals surface area contributed by atoms with Crippen LogP contribution < -0.4 is 0 Å². The minimum Gasteiger partial charge on any atom is -0.298 e. The largest absolute Gasteiger partial charge is 0.298 e. The number of alkyl halides is 1. The van der Waals surface area contributed by atoms with Crippen LogP contribution in [0.25, 0.3) is 0 Å². The van der Waals surface area contributed by atoms with E-state index >= 15 is 0 Å². The van der Waals surface area contributed by atoms with Gasteiger partial charge in [-0.2, -0.15) is 5.10 Å². The smallest absolute Gasteiger partial charge is 0.165 e. The van der Waals surface area contributed by atoms with Gasteiger partial charge in [0.15, 0.2) is 12.5 Å². The molecule has 1 aromatic heterocycles. The van der Waals surface area contributed by atoms with Crippen LogP contribution in [0.15, 0.2) is 25.1 Å². The number of hydrogen-bond acceptors (Lipinski definition) is 2. The van der Waals surface area contributed by atoms with Gasteiger partial charge in [-0.25, -0.2) is 13.5 Å². The van der Waals surface area contributed by atoms with Crippen molar-refractivity contribution in [3.63, 3.8) is 0 Å². The molecule has 1 rings (SSSR count). The molecule has 86 valence electrons. The summed E-state index contributed by atoms with van der Waals surface area (Å²) in [5.74, 6) is 0. The normalized spacial score (nSPS) is 12.9. The Morgan fingerprint density at radius 3 is 2.81 bits per heavy atom. The molecule has 3 nitrogen and oxygen atoms in total. The van der Waals surface area contributed by atoms with Gasteiger partial charge in [-0.3, -0.25) is 4.79 Å². The summed E-state index contributed by atoms with van der Waals surface area (Å²) in [5, 5.41) is 3.79. The Labute approximate surface area is 96.0 Å². The number of aromatic nitrogens is 2. The molecule has 0 aromatic carbocycles. The highest BCUT2D eigenvalue weighted by atomic mass is 35.5. The Hall–Kier alpha value is -1.49. The molecule has 0 saturated heterocycles. The van der Waals surface area contributed by atoms with Gasteiger partial charge in [0.25, 0.3) is 0 Å². The van der Waals surface area contributed by atoms with E-state index in [1.807, 2.05) is 0 Å². The molecule has 6 heteroatoms. The third kappa shape index (κ3) is 2.36. The number of carbonyl (C=O) groups is 1. The third-order valence-corrected chi connectivity index (χ3v) is 2.27. The van der Waals surface area contributed by atoms with Gasteiger partial charge in [0.1, 0.15) is 10.8 Å². The molecule has 0 amide bonds. The van der Waals surface area contributed by atoms with Crippen LogP contribution in [-0.2, 0) is 6.54 Å². The van der Waals surface area contributed by atoms with Gasteiger partial charge in [-0.1, -0.05) is 17.7 Å². The van der Waals surface area contributed by atoms with Gasteiger partial charge < -0.3 is 0 Å². The lowest BCUT2D eigenvalue weighted by atomic mass is 10.2. The Morgan fingerprint density at radius 2 is 2.31 bits per heavy atom. The predicted molar refractivity (Wildman–Crippen MR) is 56.9 cm³/mol. The van der Waals surface area contributed by atoms with Crippen LogP contribution in [0.5, 0.6) is 0 Å². The fraction of sp³-hybridized carbons (Fsp3) is 0.200. The molecule has 16 heavy (non-hydrogen) atoms. The molecule has 1 heterocycles. The summed E-state index contributed by atoms with van der Waals surface area (Å²) >= 11 is 5.79. The Balaban J connectivity index is 3.22. The van der Waals surface area contributed by atoms with E-state index < -0.39 is 6.17 Å². The fourth-order valence-corrected chi connectivity index (χ4v) is 1.43. The molecule has 0 radical (unpaired) electrons. The van der Waals surface area contributed by atoms with Crippen molar-refractivity contribution >= 4 is 17.9 Å². The molecule has 0 saturated carbocycles. The predicted octanol–water partition coefficient (Wildman–Crippen LogP) is 3.03. The third-order valence-electron chi connectivity index (χ3n) is 1.88. The monoisotopic (exact) mass is 246 g/mol. The number of rotatable bonds is 5. The SMILES string of the molecule is C=CCn1nc(C(F)C=CF)c(C=O)c1Cl. The number of halogens is 3. The number of aldehydes is 1. The Morgan fingerprint density at radius 1 is 1.62 bits per heavy atom. The Kier molecular flexibility index (Phi) is 4.37. The van der Waals surface area contributed by atoms with E-state index in [0.29, 0.717) is 12.4 Å². The van der Waals surface area contributed by atoms with Crippen molar-refractivity contribution in [2.75, 3.05) is 0 Å². The summed E-state index contributed by atoms with van der Waals surface area (Å²) < 4.78 is 26.4. The zero-order valence-electron chi connectivity index (χ0n) is 8.24. The molecule has 0 aliphatic heterocycles. The number of hydrogen-bond donors (Lipinski definition) is 0. The van der Waals surface area contributed by atoms with E-state index in [2.05, 4.69) is 11.7 Å². The van der Waals surface area contributed by atoms with Crippen molar-refractivity contribution in [2.45, 2.75) is 12.7 Å². The van der Waals surface area contributed by atoms with Crippen LogP contribution in [0.4, 0.5) is 8.78 Å². The summed E-state index contributed by atoms with van der Waals surface area (Å²) in [6.07, 6.45) is 0.788. The molecule has 0 spiro atoms. The molecule has 0 aliphatic carbocycles. The number of carbonyl (C=O) groups excluding carboxylic acids is 1. The van der Waals surface area contributed by atoms with Gasteiger partial charge in [-0.05, 0) is 6.08 Å². The van der Waals surface area contributed by atoms with E-state index in [9.17, 15) is 13.6 Å². The van der Waals surface area contributed by atoms with Crippen molar-refractivity contribution in [3.8, 4) is 0 Å². The first-order valence-corrected chi connectivity index (χ1v) is 4.76. The second-order valence-corrected chi connectivity index (χ2v) is 3.26. The van der Waals surface area contributed by atoms with Crippen molar-refractivity contribution in [1.82, 2.24) is 9.78 Å². The highest BCUT2D eigenvalue weighted by Gasteiger charge is 2.21. The maximum Gasteiger partial charge on any atom is 0.165 e. The van der Waals surface area contributed by atoms with Crippen LogP contribution in [0.2, 0.25) is 5.15 Å². The maximum atomic E-state index is 13.4. The summed E-state index contributed by atoms with van der Waals surface area (Å²) in [5.41, 5.74) is -0.273. The minimum absolute atomic E-state index is 0.0137. The summed E-state index contributed by atoms with van der Waals surface area (Å²) in [6.45, 7) is 3.71. The summed E-state index contributed by atoms with van der Waals surface area (Å²) in [6, 6.07) is 0. The zero-order chi connectivity index (χ0) is 12.1. The first-order chi connectivity index (χ1) is 7.65. The molecule has 0 fully saturated rings. The van der Waals surface area contributed by atoms with Gasteiger partial charge in [0.05, 0.1) is 18.4 Å². The lowest BCUT2D eigenvalue weighted by Gasteiger charge is -1.97. The summed E-state index contributed by atoms with van der Waals surface area (Å²) in [7, 11) is 0. The van der Waals surface area contributed by atoms with Crippen LogP contribution in [0, 0.1) is 0 Å². The molecule has 1 unspecified atom stereocenters. The van der Waals surface area contributed by atoms with Gasteiger partial charge in [0, 0.05) is 0 Å². The first-order valence-electron chi connectivity index (χ1n) is 4.39. The Bertz CT molecular complexity index is 429. The van der Waals surface area contributed by atoms with E-state index in [0.717, 1.165) is 0 Å². The van der Waals surface area contributed by atoms with E-state index in [1.54, 1.807) is 0 Å². The zero-order valence-corrected chi connectivity index (χ0v) is 8.99. The summed E-state index contributed by atoms with van der Waals surface area (Å²) in [4.78, 5) is 10.7. The van der Waals surface area contributed by atoms with Crippen LogP contribution in [0.1, 0.15) is 22.2 Å². The second kappa shape index (κ2) is 5.55. The minimum atomic E-state index is -1.80. The average Bonchev–Trinajstić information content (AvgIpc) is 2.57. The maximum absolute atomic E-state index is 13.4. The highest BCUT2D eigenvalue weighted by molar-refractivity contribution is 6.32. The molecular formula is C10H9ClF2N2O. The van der Waals surface area contributed by atoms with E-state index in [-0.39, 0.29) is 29.3 Å². The molecule has 0 bridgehead atoms. The van der Waals surface area contributed by atoms with E-state index in [1.165, 1.54) is 10.8 Å². The molecule has 0 N–H and O–H groups in total. The lowest BCUT2D eigenvalue weighted by Crippen LogP contribution is -1.98. The second-order valence-electron chi connectivity index (χ2n) is 2.90. The lowest BCUT2D eigenvalue weighted by molar-refractivity contribution is 0.112. The molecular weight excluding hydrogens is 238 g/mol. The van der Waals surface area contributed by atoms with Gasteiger partial charge in [-0.15, -0.1) is 6.58 Å².